The Balaban J connectivity index is 2.52. The summed E-state index contributed by atoms with van der Waals surface area (Å²) < 4.78 is 1.86. The van der Waals surface area contributed by atoms with Gasteiger partial charge in [-0.3, -0.25) is 0 Å². The van der Waals surface area contributed by atoms with Crippen molar-refractivity contribution in [2.75, 3.05) is 0 Å². The predicted molar refractivity (Wildman–Crippen MR) is 76.6 cm³/mol. The Kier molecular flexibility index (Phi) is 3.74. The standard InChI is InChI=1S/C16H19NO2/c1-4-12-5-7-13(8-6-12)14-9-10-15(16(18)19)17(14)11(2)3/h5-11H,4H2,1-3H3,(H,18,19). The van der Waals surface area contributed by atoms with Gasteiger partial charge in [-0.15, -0.1) is 0 Å². The van der Waals surface area contributed by atoms with E-state index in [9.17, 15) is 9.90 Å². The Bertz CT molecular complexity index is 579. The Labute approximate surface area is 113 Å². The summed E-state index contributed by atoms with van der Waals surface area (Å²) in [6.45, 7) is 6.11. The lowest BCUT2D eigenvalue weighted by Crippen LogP contribution is -2.11. The number of aryl methyl sites for hydroxylation is 1. The average Bonchev–Trinajstić information content (AvgIpc) is 2.83. The van der Waals surface area contributed by atoms with Crippen LogP contribution < -0.4 is 0 Å². The number of carboxylic acid groups (broad SMARTS) is 1. The van der Waals surface area contributed by atoms with Crippen molar-refractivity contribution >= 4 is 5.97 Å². The van der Waals surface area contributed by atoms with E-state index in [-0.39, 0.29) is 6.04 Å². The minimum Gasteiger partial charge on any atom is -0.477 e. The summed E-state index contributed by atoms with van der Waals surface area (Å²) in [6, 6.07) is 12.0. The molecule has 0 radical (unpaired) electrons. The molecule has 0 saturated carbocycles. The monoisotopic (exact) mass is 257 g/mol. The third-order valence-corrected chi connectivity index (χ3v) is 3.31. The molecule has 0 atom stereocenters. The lowest BCUT2D eigenvalue weighted by Gasteiger charge is -2.15. The molecule has 0 aliphatic heterocycles. The summed E-state index contributed by atoms with van der Waals surface area (Å²) in [6.07, 6.45) is 1.01. The van der Waals surface area contributed by atoms with Crippen molar-refractivity contribution in [2.45, 2.75) is 33.2 Å². The van der Waals surface area contributed by atoms with Crippen LogP contribution in [0.2, 0.25) is 0 Å². The Hall–Kier alpha value is -2.03. The van der Waals surface area contributed by atoms with Crippen molar-refractivity contribution in [3.8, 4) is 11.3 Å². The number of carbonyl (C=O) groups is 1. The van der Waals surface area contributed by atoms with Crippen LogP contribution in [-0.4, -0.2) is 15.6 Å². The van der Waals surface area contributed by atoms with Gasteiger partial charge in [-0.2, -0.15) is 0 Å². The average molecular weight is 257 g/mol. The van der Waals surface area contributed by atoms with Crippen molar-refractivity contribution in [3.05, 3.63) is 47.7 Å². The highest BCUT2D eigenvalue weighted by Crippen LogP contribution is 2.26. The molecular formula is C16H19NO2. The smallest absolute Gasteiger partial charge is 0.352 e. The lowest BCUT2D eigenvalue weighted by molar-refractivity contribution is 0.0683. The van der Waals surface area contributed by atoms with Crippen LogP contribution in [0.4, 0.5) is 0 Å². The van der Waals surface area contributed by atoms with Gasteiger partial charge in [0.15, 0.2) is 0 Å². The topological polar surface area (TPSA) is 42.2 Å². The largest absolute Gasteiger partial charge is 0.477 e. The summed E-state index contributed by atoms with van der Waals surface area (Å²) >= 11 is 0. The summed E-state index contributed by atoms with van der Waals surface area (Å²) in [4.78, 5) is 11.3. The van der Waals surface area contributed by atoms with E-state index in [1.165, 1.54) is 5.56 Å². The summed E-state index contributed by atoms with van der Waals surface area (Å²) in [5, 5.41) is 9.24. The molecule has 0 amide bonds. The first-order valence-corrected chi connectivity index (χ1v) is 6.58. The van der Waals surface area contributed by atoms with E-state index in [1.807, 2.05) is 24.5 Å². The Morgan fingerprint density at radius 3 is 2.26 bits per heavy atom. The van der Waals surface area contributed by atoms with Gasteiger partial charge in [0.2, 0.25) is 0 Å². The van der Waals surface area contributed by atoms with Crippen molar-refractivity contribution in [1.29, 1.82) is 0 Å². The minimum atomic E-state index is -0.884. The Morgan fingerprint density at radius 2 is 1.79 bits per heavy atom. The van der Waals surface area contributed by atoms with Crippen LogP contribution in [0.15, 0.2) is 36.4 Å². The van der Waals surface area contributed by atoms with Crippen LogP contribution in [0, 0.1) is 0 Å². The highest BCUT2D eigenvalue weighted by atomic mass is 16.4. The first-order valence-electron chi connectivity index (χ1n) is 6.58. The molecule has 0 bridgehead atoms. The third-order valence-electron chi connectivity index (χ3n) is 3.31. The maximum atomic E-state index is 11.3. The predicted octanol–water partition coefficient (Wildman–Crippen LogP) is 4.00. The van der Waals surface area contributed by atoms with Gasteiger partial charge in [0, 0.05) is 11.7 Å². The van der Waals surface area contributed by atoms with Crippen molar-refractivity contribution in [1.82, 2.24) is 4.57 Å². The SMILES string of the molecule is CCc1ccc(-c2ccc(C(=O)O)n2C(C)C)cc1. The first-order chi connectivity index (χ1) is 9.04. The molecular weight excluding hydrogens is 238 g/mol. The third kappa shape index (κ3) is 2.55. The molecule has 3 nitrogen and oxygen atoms in total. The van der Waals surface area contributed by atoms with Gasteiger partial charge in [0.25, 0.3) is 0 Å². The molecule has 0 spiro atoms. The van der Waals surface area contributed by atoms with E-state index in [4.69, 9.17) is 0 Å². The number of hydrogen-bond donors (Lipinski definition) is 1. The first kappa shape index (κ1) is 13.4. The zero-order chi connectivity index (χ0) is 14.0. The van der Waals surface area contributed by atoms with Crippen LogP contribution in [0.25, 0.3) is 11.3 Å². The van der Waals surface area contributed by atoms with Gasteiger partial charge in [0.05, 0.1) is 0 Å². The Morgan fingerprint density at radius 1 is 1.16 bits per heavy atom. The highest BCUT2D eigenvalue weighted by molar-refractivity contribution is 5.87. The number of aromatic carboxylic acids is 1. The molecule has 100 valence electrons. The molecule has 1 heterocycles. The molecule has 3 heteroatoms. The normalized spacial score (nSPS) is 10.9. The van der Waals surface area contributed by atoms with E-state index < -0.39 is 5.97 Å². The van der Waals surface area contributed by atoms with E-state index in [0.717, 1.165) is 17.7 Å². The van der Waals surface area contributed by atoms with Gasteiger partial charge in [-0.25, -0.2) is 4.79 Å². The molecule has 0 aliphatic rings. The van der Waals surface area contributed by atoms with E-state index >= 15 is 0 Å². The maximum Gasteiger partial charge on any atom is 0.352 e. The maximum absolute atomic E-state index is 11.3. The molecule has 1 aromatic heterocycles. The van der Waals surface area contributed by atoms with Gasteiger partial charge in [0.1, 0.15) is 5.69 Å². The number of hydrogen-bond acceptors (Lipinski definition) is 1. The summed E-state index contributed by atoms with van der Waals surface area (Å²) in [7, 11) is 0. The van der Waals surface area contributed by atoms with Gasteiger partial charge in [-0.1, -0.05) is 31.2 Å². The quantitative estimate of drug-likeness (QED) is 0.899. The number of rotatable bonds is 4. The van der Waals surface area contributed by atoms with E-state index in [1.54, 1.807) is 6.07 Å². The fourth-order valence-corrected chi connectivity index (χ4v) is 2.33. The minimum absolute atomic E-state index is 0.113. The molecule has 19 heavy (non-hydrogen) atoms. The zero-order valence-corrected chi connectivity index (χ0v) is 11.6. The highest BCUT2D eigenvalue weighted by Gasteiger charge is 2.17. The molecule has 1 N–H and O–H groups in total. The number of carboxylic acids is 1. The van der Waals surface area contributed by atoms with Gasteiger partial charge in [-0.05, 0) is 43.5 Å². The van der Waals surface area contributed by atoms with Crippen molar-refractivity contribution < 1.29 is 9.90 Å². The van der Waals surface area contributed by atoms with E-state index in [2.05, 4.69) is 31.2 Å². The lowest BCUT2D eigenvalue weighted by atomic mass is 10.1. The second-order valence-corrected chi connectivity index (χ2v) is 4.92. The number of benzene rings is 1. The molecule has 2 rings (SSSR count). The summed E-state index contributed by atoms with van der Waals surface area (Å²) in [5.41, 5.74) is 3.63. The second kappa shape index (κ2) is 5.31. The second-order valence-electron chi connectivity index (χ2n) is 4.92. The number of nitrogens with zero attached hydrogens (tertiary/aromatic N) is 1. The molecule has 0 fully saturated rings. The summed E-state index contributed by atoms with van der Waals surface area (Å²) in [5.74, 6) is -0.884. The van der Waals surface area contributed by atoms with Gasteiger partial charge >= 0.3 is 5.97 Å². The van der Waals surface area contributed by atoms with E-state index in [0.29, 0.717) is 5.69 Å². The van der Waals surface area contributed by atoms with Crippen LogP contribution >= 0.6 is 0 Å². The molecule has 0 unspecified atom stereocenters. The van der Waals surface area contributed by atoms with Crippen molar-refractivity contribution in [3.63, 3.8) is 0 Å². The molecule has 0 saturated heterocycles. The van der Waals surface area contributed by atoms with Crippen LogP contribution in [0.5, 0.6) is 0 Å². The molecule has 0 aliphatic carbocycles. The van der Waals surface area contributed by atoms with Crippen molar-refractivity contribution in [2.24, 2.45) is 0 Å². The molecule has 2 aromatic rings. The number of aromatic nitrogens is 1. The van der Waals surface area contributed by atoms with Gasteiger partial charge < -0.3 is 9.67 Å². The van der Waals surface area contributed by atoms with Crippen LogP contribution in [0.1, 0.15) is 42.9 Å². The fourth-order valence-electron chi connectivity index (χ4n) is 2.33. The zero-order valence-electron chi connectivity index (χ0n) is 11.6. The van der Waals surface area contributed by atoms with Crippen LogP contribution in [0.3, 0.4) is 0 Å². The fraction of sp³-hybridized carbons (Fsp3) is 0.312. The molecule has 1 aromatic carbocycles. The van der Waals surface area contributed by atoms with Crippen LogP contribution in [-0.2, 0) is 6.42 Å².